The van der Waals surface area contributed by atoms with Crippen LogP contribution in [0.3, 0.4) is 0 Å². The van der Waals surface area contributed by atoms with Gasteiger partial charge < -0.3 is 9.53 Å². The van der Waals surface area contributed by atoms with Crippen molar-refractivity contribution in [3.05, 3.63) is 29.8 Å². The first-order valence-corrected chi connectivity index (χ1v) is 7.74. The summed E-state index contributed by atoms with van der Waals surface area (Å²) in [5.74, 6) is -1.63. The topological polar surface area (TPSA) is 43.4 Å². The molecule has 0 saturated heterocycles. The van der Waals surface area contributed by atoms with Crippen LogP contribution in [0.5, 0.6) is 5.75 Å². The molecule has 0 aromatic heterocycles. The van der Waals surface area contributed by atoms with Crippen LogP contribution < -0.4 is 4.74 Å². The first kappa shape index (κ1) is 17.5. The molecule has 6 heteroatoms. The molecule has 126 valence electrons. The number of rotatable bonds is 6. The Morgan fingerprint density at radius 2 is 1.87 bits per heavy atom. The Balaban J connectivity index is 2.29. The summed E-state index contributed by atoms with van der Waals surface area (Å²) in [6, 6.07) is 5.56. The minimum atomic E-state index is -4.84. The predicted molar refractivity (Wildman–Crippen MR) is 78.1 cm³/mol. The van der Waals surface area contributed by atoms with Gasteiger partial charge in [0.25, 0.3) is 0 Å². The van der Waals surface area contributed by atoms with E-state index in [1.54, 1.807) is 6.07 Å². The van der Waals surface area contributed by atoms with Crippen LogP contribution in [0.2, 0.25) is 0 Å². The molecule has 1 atom stereocenters. The standard InChI is InChI=1S/C17H19F3O3/c18-17(19,20)23-15-9-5-4-8-13(15)14(10-11-21)16(22)12-6-2-1-3-7-12/h4-5,8-9,11-12,14H,1-3,6-7,10H2. The number of ether oxygens (including phenoxy) is 1. The Morgan fingerprint density at radius 1 is 1.22 bits per heavy atom. The average Bonchev–Trinajstić information content (AvgIpc) is 2.52. The highest BCUT2D eigenvalue weighted by Gasteiger charge is 2.35. The van der Waals surface area contributed by atoms with Crippen molar-refractivity contribution in [2.24, 2.45) is 5.92 Å². The maximum atomic E-state index is 12.7. The van der Waals surface area contributed by atoms with Crippen LogP contribution in [0.1, 0.15) is 50.0 Å². The Hall–Kier alpha value is -1.85. The van der Waals surface area contributed by atoms with E-state index in [9.17, 15) is 22.8 Å². The molecular formula is C17H19F3O3. The van der Waals surface area contributed by atoms with Crippen LogP contribution >= 0.6 is 0 Å². The van der Waals surface area contributed by atoms with Crippen LogP contribution in [0, 0.1) is 5.92 Å². The molecule has 1 aliphatic rings. The fourth-order valence-electron chi connectivity index (χ4n) is 3.15. The second-order valence-corrected chi connectivity index (χ2v) is 5.78. The summed E-state index contributed by atoms with van der Waals surface area (Å²) in [6.07, 6.45) is 0.0116. The lowest BCUT2D eigenvalue weighted by Gasteiger charge is -2.26. The van der Waals surface area contributed by atoms with Gasteiger partial charge in [0.2, 0.25) is 0 Å². The van der Waals surface area contributed by atoms with Gasteiger partial charge >= 0.3 is 6.36 Å². The maximum absolute atomic E-state index is 12.7. The number of carbonyl (C=O) groups excluding carboxylic acids is 2. The molecule has 0 aliphatic heterocycles. The zero-order valence-corrected chi connectivity index (χ0v) is 12.6. The molecule has 2 rings (SSSR count). The van der Waals surface area contributed by atoms with Gasteiger partial charge in [-0.15, -0.1) is 13.2 Å². The van der Waals surface area contributed by atoms with E-state index in [4.69, 9.17) is 0 Å². The van der Waals surface area contributed by atoms with E-state index in [1.165, 1.54) is 18.2 Å². The molecule has 0 spiro atoms. The fraction of sp³-hybridized carbons (Fsp3) is 0.529. The molecule has 0 amide bonds. The molecule has 1 saturated carbocycles. The molecule has 0 radical (unpaired) electrons. The zero-order chi connectivity index (χ0) is 16.9. The van der Waals surface area contributed by atoms with Gasteiger partial charge in [-0.2, -0.15) is 0 Å². The number of alkyl halides is 3. The number of hydrogen-bond donors (Lipinski definition) is 0. The van der Waals surface area contributed by atoms with Gasteiger partial charge in [0.05, 0.1) is 5.92 Å². The van der Waals surface area contributed by atoms with Gasteiger partial charge in [0, 0.05) is 17.9 Å². The second-order valence-electron chi connectivity index (χ2n) is 5.78. The number of hydrogen-bond acceptors (Lipinski definition) is 3. The molecule has 1 aromatic carbocycles. The van der Waals surface area contributed by atoms with Crippen molar-refractivity contribution < 1.29 is 27.5 Å². The van der Waals surface area contributed by atoms with E-state index in [1.807, 2.05) is 0 Å². The predicted octanol–water partition coefficient (Wildman–Crippen LogP) is 4.41. The van der Waals surface area contributed by atoms with Crippen LogP contribution in [0.4, 0.5) is 13.2 Å². The Labute approximate surface area is 132 Å². The summed E-state index contributed by atoms with van der Waals surface area (Å²) < 4.78 is 41.7. The molecule has 1 unspecified atom stereocenters. The molecule has 0 N–H and O–H groups in total. The number of carbonyl (C=O) groups is 2. The van der Waals surface area contributed by atoms with Gasteiger partial charge in [0.15, 0.2) is 0 Å². The summed E-state index contributed by atoms with van der Waals surface area (Å²) in [5, 5.41) is 0. The minimum absolute atomic E-state index is 0.131. The Bertz CT molecular complexity index is 548. The van der Waals surface area contributed by atoms with Crippen LogP contribution in [0.15, 0.2) is 24.3 Å². The van der Waals surface area contributed by atoms with Crippen molar-refractivity contribution in [3.63, 3.8) is 0 Å². The van der Waals surface area contributed by atoms with Crippen molar-refractivity contribution in [2.45, 2.75) is 50.8 Å². The highest BCUT2D eigenvalue weighted by Crippen LogP contribution is 2.37. The normalized spacial score (nSPS) is 17.5. The number of halogens is 3. The van der Waals surface area contributed by atoms with E-state index in [2.05, 4.69) is 4.74 Å². The first-order valence-electron chi connectivity index (χ1n) is 7.74. The van der Waals surface area contributed by atoms with E-state index < -0.39 is 18.0 Å². The van der Waals surface area contributed by atoms with Crippen molar-refractivity contribution in [3.8, 4) is 5.75 Å². The third kappa shape index (κ3) is 4.81. The van der Waals surface area contributed by atoms with Gasteiger partial charge in [-0.3, -0.25) is 4.79 Å². The SMILES string of the molecule is O=CCC(C(=O)C1CCCCC1)c1ccccc1OC(F)(F)F. The van der Waals surface area contributed by atoms with Crippen molar-refractivity contribution in [1.29, 1.82) is 0 Å². The van der Waals surface area contributed by atoms with E-state index in [0.717, 1.165) is 32.1 Å². The number of aldehydes is 1. The van der Waals surface area contributed by atoms with Crippen molar-refractivity contribution in [2.75, 3.05) is 0 Å². The summed E-state index contributed by atoms with van der Waals surface area (Å²) in [5.41, 5.74) is 0.132. The number of ketones is 1. The highest BCUT2D eigenvalue weighted by molar-refractivity contribution is 5.90. The molecule has 1 aliphatic carbocycles. The lowest BCUT2D eigenvalue weighted by Crippen LogP contribution is -2.26. The number of para-hydroxylation sites is 1. The summed E-state index contributed by atoms with van der Waals surface area (Å²) in [4.78, 5) is 23.7. The lowest BCUT2D eigenvalue weighted by molar-refractivity contribution is -0.275. The van der Waals surface area contributed by atoms with Gasteiger partial charge in [-0.25, -0.2) is 0 Å². The molecule has 23 heavy (non-hydrogen) atoms. The van der Waals surface area contributed by atoms with Gasteiger partial charge in [-0.05, 0) is 18.9 Å². The molecule has 1 fully saturated rings. The molecule has 1 aromatic rings. The van der Waals surface area contributed by atoms with E-state index >= 15 is 0 Å². The summed E-state index contributed by atoms with van der Waals surface area (Å²) in [7, 11) is 0. The van der Waals surface area contributed by atoms with Crippen molar-refractivity contribution >= 4 is 12.1 Å². The smallest absolute Gasteiger partial charge is 0.405 e. The second kappa shape index (κ2) is 7.62. The largest absolute Gasteiger partial charge is 0.573 e. The molecule has 0 heterocycles. The van der Waals surface area contributed by atoms with Crippen molar-refractivity contribution in [1.82, 2.24) is 0 Å². The lowest BCUT2D eigenvalue weighted by atomic mass is 9.78. The summed E-state index contributed by atoms with van der Waals surface area (Å²) >= 11 is 0. The third-order valence-corrected chi connectivity index (χ3v) is 4.20. The number of Topliss-reactive ketones (excluding diaryl/α,β-unsaturated/α-hetero) is 1. The van der Waals surface area contributed by atoms with Crippen LogP contribution in [-0.2, 0) is 9.59 Å². The molecule has 0 bridgehead atoms. The monoisotopic (exact) mass is 328 g/mol. The van der Waals surface area contributed by atoms with Crippen LogP contribution in [-0.4, -0.2) is 18.4 Å². The highest BCUT2D eigenvalue weighted by atomic mass is 19.4. The molecule has 3 nitrogen and oxygen atoms in total. The fourth-order valence-corrected chi connectivity index (χ4v) is 3.15. The Morgan fingerprint density at radius 3 is 2.48 bits per heavy atom. The van der Waals surface area contributed by atoms with E-state index in [0.29, 0.717) is 6.29 Å². The zero-order valence-electron chi connectivity index (χ0n) is 12.6. The molecular weight excluding hydrogens is 309 g/mol. The first-order chi connectivity index (χ1) is 10.9. The number of benzene rings is 1. The van der Waals surface area contributed by atoms with Gasteiger partial charge in [0.1, 0.15) is 17.8 Å². The Kier molecular flexibility index (Phi) is 5.80. The minimum Gasteiger partial charge on any atom is -0.405 e. The third-order valence-electron chi connectivity index (χ3n) is 4.20. The maximum Gasteiger partial charge on any atom is 0.573 e. The quantitative estimate of drug-likeness (QED) is 0.727. The van der Waals surface area contributed by atoms with E-state index in [-0.39, 0.29) is 23.7 Å². The summed E-state index contributed by atoms with van der Waals surface area (Å²) in [6.45, 7) is 0. The van der Waals surface area contributed by atoms with Crippen LogP contribution in [0.25, 0.3) is 0 Å². The average molecular weight is 328 g/mol. The van der Waals surface area contributed by atoms with Gasteiger partial charge in [-0.1, -0.05) is 37.5 Å².